The quantitative estimate of drug-likeness (QED) is 0.389. The van der Waals surface area contributed by atoms with E-state index >= 15 is 0 Å². The van der Waals surface area contributed by atoms with E-state index in [2.05, 4.69) is 102 Å². The molecule has 0 unspecified atom stereocenters. The minimum Gasteiger partial charge on any atom is -0.355 e. The van der Waals surface area contributed by atoms with Crippen molar-refractivity contribution in [1.29, 1.82) is 0 Å². The fraction of sp³-hybridized carbons (Fsp3) is 0.0400. The lowest BCUT2D eigenvalue weighted by Gasteiger charge is -2.13. The van der Waals surface area contributed by atoms with Gasteiger partial charge in [-0.25, -0.2) is 0 Å². The molecule has 26 heavy (non-hydrogen) atoms. The normalized spacial score (nSPS) is 11.7. The van der Waals surface area contributed by atoms with Crippen molar-refractivity contribution in [2.24, 2.45) is 0 Å². The highest BCUT2D eigenvalue weighted by molar-refractivity contribution is 5.83. The van der Waals surface area contributed by atoms with Gasteiger partial charge in [-0.3, -0.25) is 0 Å². The van der Waals surface area contributed by atoms with Gasteiger partial charge in [0.2, 0.25) is 0 Å². The second kappa shape index (κ2) is 6.20. The lowest BCUT2D eigenvalue weighted by atomic mass is 10.0. The van der Waals surface area contributed by atoms with E-state index in [1.54, 1.807) is 0 Å². The lowest BCUT2D eigenvalue weighted by Crippen LogP contribution is -1.94. The molecule has 4 aromatic carbocycles. The number of hydrogen-bond acceptors (Lipinski definition) is 1. The van der Waals surface area contributed by atoms with Crippen LogP contribution in [0.4, 0.5) is 11.4 Å². The average Bonchev–Trinajstić information content (AvgIpc) is 3.07. The standard InChI is InChI=1S/C25H19N/c1-2-8-18(9-3-1)24-12-6-7-13-25(24)26-21-14-15-23-20(17-21)16-19-10-4-5-11-22(19)23/h1-15,17,26H,16H2. The van der Waals surface area contributed by atoms with Crippen LogP contribution in [0.1, 0.15) is 11.1 Å². The molecular formula is C25H19N. The number of benzene rings is 4. The van der Waals surface area contributed by atoms with Crippen LogP contribution in [0.3, 0.4) is 0 Å². The van der Waals surface area contributed by atoms with Crippen LogP contribution in [0.25, 0.3) is 22.3 Å². The van der Waals surface area contributed by atoms with Crippen LogP contribution in [0.2, 0.25) is 0 Å². The second-order valence-electron chi connectivity index (χ2n) is 6.74. The van der Waals surface area contributed by atoms with Crippen molar-refractivity contribution in [2.45, 2.75) is 6.42 Å². The SMILES string of the molecule is c1ccc(-c2ccccc2Nc2ccc3c(c2)Cc2ccccc2-3)cc1. The first-order chi connectivity index (χ1) is 12.9. The Morgan fingerprint density at radius 2 is 1.23 bits per heavy atom. The second-order valence-corrected chi connectivity index (χ2v) is 6.74. The van der Waals surface area contributed by atoms with Crippen LogP contribution in [0, 0.1) is 0 Å². The Balaban J connectivity index is 1.50. The van der Waals surface area contributed by atoms with E-state index in [0.29, 0.717) is 0 Å². The van der Waals surface area contributed by atoms with Gasteiger partial charge in [-0.2, -0.15) is 0 Å². The van der Waals surface area contributed by atoms with Crippen molar-refractivity contribution >= 4 is 11.4 Å². The topological polar surface area (TPSA) is 12.0 Å². The van der Waals surface area contributed by atoms with Crippen LogP contribution < -0.4 is 5.32 Å². The molecule has 0 bridgehead atoms. The molecule has 0 fully saturated rings. The van der Waals surface area contributed by atoms with Crippen molar-refractivity contribution in [3.05, 3.63) is 108 Å². The Kier molecular flexibility index (Phi) is 3.57. The summed E-state index contributed by atoms with van der Waals surface area (Å²) in [5.41, 5.74) is 10.3. The van der Waals surface area contributed by atoms with Crippen LogP contribution in [-0.4, -0.2) is 0 Å². The molecule has 0 radical (unpaired) electrons. The summed E-state index contributed by atoms with van der Waals surface area (Å²) in [5.74, 6) is 0. The van der Waals surface area contributed by atoms with E-state index in [9.17, 15) is 0 Å². The molecule has 0 atom stereocenters. The molecule has 0 spiro atoms. The average molecular weight is 333 g/mol. The Morgan fingerprint density at radius 1 is 0.538 bits per heavy atom. The van der Waals surface area contributed by atoms with Crippen molar-refractivity contribution < 1.29 is 0 Å². The summed E-state index contributed by atoms with van der Waals surface area (Å²) in [4.78, 5) is 0. The molecule has 1 aliphatic carbocycles. The minimum atomic E-state index is 1.02. The molecule has 124 valence electrons. The number of rotatable bonds is 3. The Bertz CT molecular complexity index is 1080. The van der Waals surface area contributed by atoms with Gasteiger partial charge in [-0.1, -0.05) is 78.9 Å². The number of fused-ring (bicyclic) bond motifs is 3. The zero-order valence-electron chi connectivity index (χ0n) is 14.4. The maximum atomic E-state index is 3.63. The Labute approximate surface area is 154 Å². The molecule has 1 heteroatoms. The molecule has 0 heterocycles. The zero-order valence-corrected chi connectivity index (χ0v) is 14.4. The smallest absolute Gasteiger partial charge is 0.0463 e. The third-order valence-electron chi connectivity index (χ3n) is 5.08. The molecule has 0 saturated carbocycles. The van der Waals surface area contributed by atoms with Crippen molar-refractivity contribution in [3.63, 3.8) is 0 Å². The van der Waals surface area contributed by atoms with Crippen molar-refractivity contribution in [2.75, 3.05) is 5.32 Å². The summed E-state index contributed by atoms with van der Waals surface area (Å²) >= 11 is 0. The monoisotopic (exact) mass is 333 g/mol. The van der Waals surface area contributed by atoms with E-state index in [0.717, 1.165) is 17.8 Å². The van der Waals surface area contributed by atoms with Gasteiger partial charge in [0, 0.05) is 16.9 Å². The Morgan fingerprint density at radius 3 is 2.12 bits per heavy atom. The molecule has 0 amide bonds. The first-order valence-electron chi connectivity index (χ1n) is 9.01. The van der Waals surface area contributed by atoms with Gasteiger partial charge in [-0.15, -0.1) is 0 Å². The van der Waals surface area contributed by atoms with E-state index in [1.165, 1.54) is 33.4 Å². The molecule has 0 saturated heterocycles. The molecule has 1 N–H and O–H groups in total. The maximum absolute atomic E-state index is 3.63. The molecule has 5 rings (SSSR count). The van der Waals surface area contributed by atoms with Crippen LogP contribution in [-0.2, 0) is 6.42 Å². The van der Waals surface area contributed by atoms with Crippen LogP contribution >= 0.6 is 0 Å². The van der Waals surface area contributed by atoms with E-state index < -0.39 is 0 Å². The predicted molar refractivity (Wildman–Crippen MR) is 110 cm³/mol. The maximum Gasteiger partial charge on any atom is 0.0463 e. The largest absolute Gasteiger partial charge is 0.355 e. The third kappa shape index (κ3) is 2.58. The Hall–Kier alpha value is -3.32. The summed E-state index contributed by atoms with van der Waals surface area (Å²) in [7, 11) is 0. The highest BCUT2D eigenvalue weighted by Crippen LogP contribution is 2.38. The molecule has 0 aromatic heterocycles. The van der Waals surface area contributed by atoms with E-state index in [-0.39, 0.29) is 0 Å². The van der Waals surface area contributed by atoms with Crippen LogP contribution in [0.5, 0.6) is 0 Å². The minimum absolute atomic E-state index is 1.02. The van der Waals surface area contributed by atoms with Gasteiger partial charge in [0.1, 0.15) is 0 Å². The molecule has 4 aromatic rings. The number of anilines is 2. The summed E-state index contributed by atoms with van der Waals surface area (Å²) in [5, 5.41) is 3.63. The fourth-order valence-corrected chi connectivity index (χ4v) is 3.84. The number of hydrogen-bond donors (Lipinski definition) is 1. The van der Waals surface area contributed by atoms with Gasteiger partial charge < -0.3 is 5.32 Å². The highest BCUT2D eigenvalue weighted by Gasteiger charge is 2.18. The summed E-state index contributed by atoms with van der Waals surface area (Å²) in [6.07, 6.45) is 1.02. The van der Waals surface area contributed by atoms with Gasteiger partial charge in [0.05, 0.1) is 0 Å². The summed E-state index contributed by atoms with van der Waals surface area (Å²) in [6.45, 7) is 0. The van der Waals surface area contributed by atoms with Gasteiger partial charge >= 0.3 is 0 Å². The zero-order chi connectivity index (χ0) is 17.3. The van der Waals surface area contributed by atoms with Gasteiger partial charge in [-0.05, 0) is 52.4 Å². The third-order valence-corrected chi connectivity index (χ3v) is 5.08. The molecule has 1 nitrogen and oxygen atoms in total. The summed E-state index contributed by atoms with van der Waals surface area (Å²) in [6, 6.07) is 34.4. The lowest BCUT2D eigenvalue weighted by molar-refractivity contribution is 1.26. The number of para-hydroxylation sites is 1. The first kappa shape index (κ1) is 15.0. The van der Waals surface area contributed by atoms with Crippen molar-refractivity contribution in [3.8, 4) is 22.3 Å². The number of nitrogens with one attached hydrogen (secondary N) is 1. The summed E-state index contributed by atoms with van der Waals surface area (Å²) < 4.78 is 0. The predicted octanol–water partition coefficient (Wildman–Crippen LogP) is 6.67. The fourth-order valence-electron chi connectivity index (χ4n) is 3.84. The van der Waals surface area contributed by atoms with Crippen LogP contribution in [0.15, 0.2) is 97.1 Å². The van der Waals surface area contributed by atoms with Crippen molar-refractivity contribution in [1.82, 2.24) is 0 Å². The molecule has 1 aliphatic rings. The molecule has 0 aliphatic heterocycles. The molecular weight excluding hydrogens is 314 g/mol. The highest BCUT2D eigenvalue weighted by atomic mass is 14.9. The van der Waals surface area contributed by atoms with Gasteiger partial charge in [0.15, 0.2) is 0 Å². The van der Waals surface area contributed by atoms with E-state index in [1.807, 2.05) is 0 Å². The van der Waals surface area contributed by atoms with Gasteiger partial charge in [0.25, 0.3) is 0 Å². The first-order valence-corrected chi connectivity index (χ1v) is 9.01. The van der Waals surface area contributed by atoms with E-state index in [4.69, 9.17) is 0 Å².